The second-order valence-electron chi connectivity index (χ2n) is 5.32. The van der Waals surface area contributed by atoms with Crippen molar-refractivity contribution in [3.05, 3.63) is 22.2 Å². The van der Waals surface area contributed by atoms with Crippen LogP contribution in [0.15, 0.2) is 16.6 Å². The quantitative estimate of drug-likeness (QED) is 0.750. The molecule has 3 N–H and O–H groups in total. The Kier molecular flexibility index (Phi) is 4.38. The fourth-order valence-electron chi connectivity index (χ4n) is 2.27. The first-order valence-electron chi connectivity index (χ1n) is 6.41. The van der Waals surface area contributed by atoms with E-state index in [1.165, 1.54) is 7.11 Å². The number of aliphatic hydroxyl groups is 1. The average Bonchev–Trinajstić information content (AvgIpc) is 3.23. The van der Waals surface area contributed by atoms with Crippen LogP contribution in [0, 0.1) is 5.92 Å². The minimum Gasteiger partial charge on any atom is -0.504 e. The number of rotatable bonds is 6. The van der Waals surface area contributed by atoms with Crippen molar-refractivity contribution >= 4 is 15.9 Å². The van der Waals surface area contributed by atoms with Gasteiger partial charge in [-0.05, 0) is 37.8 Å². The van der Waals surface area contributed by atoms with Gasteiger partial charge in [-0.25, -0.2) is 0 Å². The zero-order chi connectivity index (χ0) is 14.0. The largest absolute Gasteiger partial charge is 0.504 e. The van der Waals surface area contributed by atoms with Gasteiger partial charge >= 0.3 is 0 Å². The van der Waals surface area contributed by atoms with E-state index in [9.17, 15) is 10.2 Å². The van der Waals surface area contributed by atoms with E-state index in [2.05, 4.69) is 21.2 Å². The van der Waals surface area contributed by atoms with Gasteiger partial charge in [0.15, 0.2) is 11.5 Å². The van der Waals surface area contributed by atoms with Crippen LogP contribution in [0.5, 0.6) is 11.5 Å². The molecule has 1 saturated carbocycles. The monoisotopic (exact) mass is 329 g/mol. The summed E-state index contributed by atoms with van der Waals surface area (Å²) in [4.78, 5) is 0. The van der Waals surface area contributed by atoms with Crippen molar-refractivity contribution in [3.63, 3.8) is 0 Å². The molecule has 1 aromatic carbocycles. The zero-order valence-electron chi connectivity index (χ0n) is 11.2. The standard InChI is InChI=1S/C14H20BrNO3/c1-14(8-17,10-3-4-10)16-7-9-5-11(15)6-12(19-2)13(9)18/h5-6,10,16-18H,3-4,7-8H2,1-2H3. The first kappa shape index (κ1) is 14.6. The Hall–Kier alpha value is -0.780. The lowest BCUT2D eigenvalue weighted by molar-refractivity contribution is 0.153. The van der Waals surface area contributed by atoms with E-state index in [-0.39, 0.29) is 17.9 Å². The van der Waals surface area contributed by atoms with Crippen LogP contribution in [0.4, 0.5) is 0 Å². The highest BCUT2D eigenvalue weighted by Crippen LogP contribution is 2.40. The highest BCUT2D eigenvalue weighted by Gasteiger charge is 2.40. The minimum absolute atomic E-state index is 0.101. The number of halogens is 1. The number of hydrogen-bond acceptors (Lipinski definition) is 4. The third kappa shape index (κ3) is 3.22. The molecule has 0 heterocycles. The molecule has 1 aliphatic carbocycles. The van der Waals surface area contributed by atoms with Gasteiger partial charge in [-0.2, -0.15) is 0 Å². The highest BCUT2D eigenvalue weighted by molar-refractivity contribution is 9.10. The average molecular weight is 330 g/mol. The Morgan fingerprint density at radius 2 is 2.16 bits per heavy atom. The topological polar surface area (TPSA) is 61.7 Å². The van der Waals surface area contributed by atoms with Crippen LogP contribution in [0.1, 0.15) is 25.3 Å². The molecule has 1 aromatic rings. The van der Waals surface area contributed by atoms with Crippen molar-refractivity contribution in [2.24, 2.45) is 5.92 Å². The zero-order valence-corrected chi connectivity index (χ0v) is 12.8. The van der Waals surface area contributed by atoms with Gasteiger partial charge in [0.1, 0.15) is 0 Å². The maximum absolute atomic E-state index is 10.1. The molecule has 0 saturated heterocycles. The normalized spacial score (nSPS) is 18.1. The lowest BCUT2D eigenvalue weighted by Gasteiger charge is -2.29. The van der Waals surface area contributed by atoms with Crippen LogP contribution < -0.4 is 10.1 Å². The Morgan fingerprint density at radius 1 is 1.47 bits per heavy atom. The SMILES string of the molecule is COc1cc(Br)cc(CNC(C)(CO)C2CC2)c1O. The molecule has 0 radical (unpaired) electrons. The van der Waals surface area contributed by atoms with E-state index >= 15 is 0 Å². The number of aliphatic hydroxyl groups excluding tert-OH is 1. The van der Waals surface area contributed by atoms with Crippen molar-refractivity contribution in [1.29, 1.82) is 0 Å². The van der Waals surface area contributed by atoms with Gasteiger partial charge in [0, 0.05) is 22.1 Å². The maximum Gasteiger partial charge on any atom is 0.162 e. The number of methoxy groups -OCH3 is 1. The number of aromatic hydroxyl groups is 1. The summed E-state index contributed by atoms with van der Waals surface area (Å²) in [5, 5.41) is 23.0. The summed E-state index contributed by atoms with van der Waals surface area (Å²) < 4.78 is 5.98. The van der Waals surface area contributed by atoms with Crippen LogP contribution in [0.2, 0.25) is 0 Å². The molecule has 1 fully saturated rings. The summed E-state index contributed by atoms with van der Waals surface area (Å²) in [6.07, 6.45) is 2.30. The Morgan fingerprint density at radius 3 is 2.68 bits per heavy atom. The number of ether oxygens (including phenoxy) is 1. The summed E-state index contributed by atoms with van der Waals surface area (Å²) in [6, 6.07) is 3.58. The molecule has 5 heteroatoms. The number of hydrogen-bond donors (Lipinski definition) is 3. The molecule has 0 aromatic heterocycles. The molecule has 0 bridgehead atoms. The highest BCUT2D eigenvalue weighted by atomic mass is 79.9. The van der Waals surface area contributed by atoms with Gasteiger partial charge in [0.05, 0.1) is 13.7 Å². The lowest BCUT2D eigenvalue weighted by Crippen LogP contribution is -2.47. The van der Waals surface area contributed by atoms with E-state index in [1.807, 2.05) is 13.0 Å². The molecule has 1 aliphatic rings. The minimum atomic E-state index is -0.276. The molecular weight excluding hydrogens is 310 g/mol. The molecule has 1 atom stereocenters. The van der Waals surface area contributed by atoms with Crippen molar-refractivity contribution in [2.75, 3.05) is 13.7 Å². The van der Waals surface area contributed by atoms with Crippen molar-refractivity contribution in [1.82, 2.24) is 5.32 Å². The molecule has 2 rings (SSSR count). The Balaban J connectivity index is 2.12. The van der Waals surface area contributed by atoms with Gasteiger partial charge in [-0.3, -0.25) is 0 Å². The van der Waals surface area contributed by atoms with Crippen LogP contribution in [-0.2, 0) is 6.54 Å². The summed E-state index contributed by atoms with van der Waals surface area (Å²) in [5.74, 6) is 1.12. The molecular formula is C14H20BrNO3. The molecule has 4 nitrogen and oxygen atoms in total. The first-order valence-corrected chi connectivity index (χ1v) is 7.20. The molecule has 0 amide bonds. The molecule has 19 heavy (non-hydrogen) atoms. The van der Waals surface area contributed by atoms with Gasteiger partial charge in [0.25, 0.3) is 0 Å². The predicted molar refractivity (Wildman–Crippen MR) is 77.4 cm³/mol. The van der Waals surface area contributed by atoms with Gasteiger partial charge in [-0.1, -0.05) is 15.9 Å². The molecule has 0 aliphatic heterocycles. The summed E-state index contributed by atoms with van der Waals surface area (Å²) >= 11 is 3.40. The second kappa shape index (κ2) is 5.69. The van der Waals surface area contributed by atoms with E-state index < -0.39 is 0 Å². The Labute approximate surface area is 121 Å². The fourth-order valence-corrected chi connectivity index (χ4v) is 2.75. The van der Waals surface area contributed by atoms with Crippen LogP contribution in [0.25, 0.3) is 0 Å². The smallest absolute Gasteiger partial charge is 0.162 e. The summed E-state index contributed by atoms with van der Waals surface area (Å²) in [5.41, 5.74) is 0.480. The Bertz CT molecular complexity index is 462. The van der Waals surface area contributed by atoms with E-state index in [0.717, 1.165) is 22.9 Å². The van der Waals surface area contributed by atoms with Gasteiger partial charge in [-0.15, -0.1) is 0 Å². The van der Waals surface area contributed by atoms with Crippen molar-refractivity contribution in [3.8, 4) is 11.5 Å². The lowest BCUT2D eigenvalue weighted by atomic mass is 9.96. The summed E-state index contributed by atoms with van der Waals surface area (Å²) in [7, 11) is 1.53. The molecule has 1 unspecified atom stereocenters. The number of phenols is 1. The van der Waals surface area contributed by atoms with Crippen LogP contribution >= 0.6 is 15.9 Å². The van der Waals surface area contributed by atoms with Crippen LogP contribution in [0.3, 0.4) is 0 Å². The second-order valence-corrected chi connectivity index (χ2v) is 6.23. The number of phenolic OH excluding ortho intramolecular Hbond substituents is 1. The van der Waals surface area contributed by atoms with Gasteiger partial charge in [0.2, 0.25) is 0 Å². The predicted octanol–water partition coefficient (Wildman–Crippen LogP) is 2.41. The van der Waals surface area contributed by atoms with E-state index in [0.29, 0.717) is 18.2 Å². The molecule has 0 spiro atoms. The van der Waals surface area contributed by atoms with Crippen LogP contribution in [-0.4, -0.2) is 29.5 Å². The van der Waals surface area contributed by atoms with Crippen molar-refractivity contribution in [2.45, 2.75) is 31.8 Å². The van der Waals surface area contributed by atoms with E-state index in [1.54, 1.807) is 6.07 Å². The third-order valence-corrected chi connectivity index (χ3v) is 4.29. The fraction of sp³-hybridized carbons (Fsp3) is 0.571. The number of nitrogens with one attached hydrogen (secondary N) is 1. The van der Waals surface area contributed by atoms with Gasteiger partial charge < -0.3 is 20.3 Å². The van der Waals surface area contributed by atoms with E-state index in [4.69, 9.17) is 4.74 Å². The third-order valence-electron chi connectivity index (χ3n) is 3.83. The first-order chi connectivity index (χ1) is 9.00. The maximum atomic E-state index is 10.1. The molecule has 106 valence electrons. The summed E-state index contributed by atoms with van der Waals surface area (Å²) in [6.45, 7) is 2.62. The number of benzene rings is 1. The van der Waals surface area contributed by atoms with Crippen molar-refractivity contribution < 1.29 is 14.9 Å².